The van der Waals surface area contributed by atoms with Gasteiger partial charge in [-0.1, -0.05) is 17.7 Å². The third kappa shape index (κ3) is 2.08. The van der Waals surface area contributed by atoms with Crippen molar-refractivity contribution in [1.82, 2.24) is 5.32 Å². The van der Waals surface area contributed by atoms with Gasteiger partial charge in [-0.25, -0.2) is 0 Å². The monoisotopic (exact) mass is 227 g/mol. The van der Waals surface area contributed by atoms with Gasteiger partial charge in [0, 0.05) is 11.4 Å². The van der Waals surface area contributed by atoms with Gasteiger partial charge in [0.05, 0.1) is 5.02 Å². The fourth-order valence-electron chi connectivity index (χ4n) is 1.80. The number of hydrogen-bond donors (Lipinski definition) is 1. The molecule has 1 aliphatic rings. The molecule has 0 saturated heterocycles. The molecule has 2 rings (SSSR count). The molecule has 3 heteroatoms. The number of rotatable bonds is 2. The Balaban J connectivity index is 2.36. The topological polar surface area (TPSA) is 12.0 Å². The van der Waals surface area contributed by atoms with Crippen molar-refractivity contribution in [3.8, 4) is 0 Å². The van der Waals surface area contributed by atoms with Crippen molar-refractivity contribution in [3.05, 3.63) is 28.3 Å². The van der Waals surface area contributed by atoms with E-state index in [1.54, 1.807) is 0 Å². The quantitative estimate of drug-likeness (QED) is 0.834. The van der Waals surface area contributed by atoms with Crippen LogP contribution in [0.4, 0.5) is 0 Å². The molecular weight excluding hydrogens is 214 g/mol. The molecule has 0 fully saturated rings. The molecule has 0 spiro atoms. The predicted octanol–water partition coefficient (Wildman–Crippen LogP) is 3.10. The average molecular weight is 228 g/mol. The van der Waals surface area contributed by atoms with Crippen LogP contribution in [0, 0.1) is 0 Å². The van der Waals surface area contributed by atoms with E-state index in [1.165, 1.54) is 34.6 Å². The Hall–Kier alpha value is -0.180. The Labute approximate surface area is 94.2 Å². The fraction of sp³-hybridized carbons (Fsp3) is 0.455. The first-order chi connectivity index (χ1) is 6.81. The van der Waals surface area contributed by atoms with Gasteiger partial charge in [0.15, 0.2) is 0 Å². The second-order valence-corrected chi connectivity index (χ2v) is 5.06. The summed E-state index contributed by atoms with van der Waals surface area (Å²) >= 11 is 8.12. The van der Waals surface area contributed by atoms with E-state index in [2.05, 4.69) is 17.4 Å². The van der Waals surface area contributed by atoms with E-state index in [1.807, 2.05) is 18.8 Å². The zero-order valence-corrected chi connectivity index (χ0v) is 9.84. The van der Waals surface area contributed by atoms with Gasteiger partial charge in [0.25, 0.3) is 0 Å². The van der Waals surface area contributed by atoms with E-state index in [9.17, 15) is 0 Å². The largest absolute Gasteiger partial charge is 0.316 e. The SMILES string of the molecule is CNCc1cc(Cl)c2c(c1)CCCS2. The zero-order chi connectivity index (χ0) is 9.97. The van der Waals surface area contributed by atoms with Crippen molar-refractivity contribution in [1.29, 1.82) is 0 Å². The molecule has 1 nitrogen and oxygen atoms in total. The lowest BCUT2D eigenvalue weighted by molar-refractivity contribution is 0.808. The summed E-state index contributed by atoms with van der Waals surface area (Å²) in [6, 6.07) is 4.36. The van der Waals surface area contributed by atoms with Gasteiger partial charge in [-0.15, -0.1) is 11.8 Å². The van der Waals surface area contributed by atoms with Gasteiger partial charge >= 0.3 is 0 Å². The Morgan fingerprint density at radius 1 is 1.50 bits per heavy atom. The molecule has 76 valence electrons. The molecule has 0 amide bonds. The van der Waals surface area contributed by atoms with E-state index in [0.717, 1.165) is 11.6 Å². The van der Waals surface area contributed by atoms with Crippen molar-refractivity contribution in [2.45, 2.75) is 24.3 Å². The molecule has 0 unspecified atom stereocenters. The fourth-order valence-corrected chi connectivity index (χ4v) is 3.26. The van der Waals surface area contributed by atoms with Gasteiger partial charge in [-0.2, -0.15) is 0 Å². The summed E-state index contributed by atoms with van der Waals surface area (Å²) in [5.41, 5.74) is 2.72. The summed E-state index contributed by atoms with van der Waals surface area (Å²) in [5.74, 6) is 1.21. The van der Waals surface area contributed by atoms with E-state index in [-0.39, 0.29) is 0 Å². The smallest absolute Gasteiger partial charge is 0.0547 e. The van der Waals surface area contributed by atoms with Crippen LogP contribution in [-0.2, 0) is 13.0 Å². The second-order valence-electron chi connectivity index (χ2n) is 3.55. The number of hydrogen-bond acceptors (Lipinski definition) is 2. The summed E-state index contributed by atoms with van der Waals surface area (Å²) in [4.78, 5) is 1.30. The van der Waals surface area contributed by atoms with Gasteiger partial charge in [0.1, 0.15) is 0 Å². The lowest BCUT2D eigenvalue weighted by Crippen LogP contribution is -2.07. The lowest BCUT2D eigenvalue weighted by Gasteiger charge is -2.17. The van der Waals surface area contributed by atoms with Crippen LogP contribution < -0.4 is 5.32 Å². The number of fused-ring (bicyclic) bond motifs is 1. The normalized spacial score (nSPS) is 15.3. The number of benzene rings is 1. The molecule has 1 N–H and O–H groups in total. The molecule has 0 aliphatic carbocycles. The van der Waals surface area contributed by atoms with Gasteiger partial charge in [-0.05, 0) is 42.8 Å². The van der Waals surface area contributed by atoms with Crippen LogP contribution in [0.2, 0.25) is 5.02 Å². The molecule has 1 aromatic carbocycles. The molecule has 0 saturated carbocycles. The summed E-state index contributed by atoms with van der Waals surface area (Å²) in [6.07, 6.45) is 2.45. The van der Waals surface area contributed by atoms with Crippen LogP contribution in [0.15, 0.2) is 17.0 Å². The maximum absolute atomic E-state index is 6.23. The van der Waals surface area contributed by atoms with Crippen LogP contribution in [0.5, 0.6) is 0 Å². The van der Waals surface area contributed by atoms with Crippen molar-refractivity contribution < 1.29 is 0 Å². The van der Waals surface area contributed by atoms with Crippen LogP contribution in [0.3, 0.4) is 0 Å². The van der Waals surface area contributed by atoms with Gasteiger partial charge < -0.3 is 5.32 Å². The highest BCUT2D eigenvalue weighted by atomic mass is 35.5. The molecule has 0 radical (unpaired) electrons. The maximum atomic E-state index is 6.23. The van der Waals surface area contributed by atoms with Crippen LogP contribution in [-0.4, -0.2) is 12.8 Å². The molecule has 0 bridgehead atoms. The highest BCUT2D eigenvalue weighted by Crippen LogP contribution is 2.36. The minimum atomic E-state index is 0.900. The van der Waals surface area contributed by atoms with Crippen LogP contribution >= 0.6 is 23.4 Å². The van der Waals surface area contributed by atoms with E-state index >= 15 is 0 Å². The molecule has 1 aromatic rings. The van der Waals surface area contributed by atoms with Crippen molar-refractivity contribution in [2.75, 3.05) is 12.8 Å². The molecule has 14 heavy (non-hydrogen) atoms. The summed E-state index contributed by atoms with van der Waals surface area (Å²) in [6.45, 7) is 0.900. The summed E-state index contributed by atoms with van der Waals surface area (Å²) in [5, 5.41) is 4.08. The second kappa shape index (κ2) is 4.56. The van der Waals surface area contributed by atoms with Crippen molar-refractivity contribution in [2.24, 2.45) is 0 Å². The summed E-state index contributed by atoms with van der Waals surface area (Å²) in [7, 11) is 1.96. The Morgan fingerprint density at radius 3 is 3.14 bits per heavy atom. The maximum Gasteiger partial charge on any atom is 0.0547 e. The van der Waals surface area contributed by atoms with Crippen molar-refractivity contribution >= 4 is 23.4 Å². The minimum Gasteiger partial charge on any atom is -0.316 e. The molecular formula is C11H14ClNS. The Bertz CT molecular complexity index is 338. The van der Waals surface area contributed by atoms with E-state index < -0.39 is 0 Å². The molecule has 0 aromatic heterocycles. The Kier molecular flexibility index (Phi) is 3.37. The third-order valence-electron chi connectivity index (χ3n) is 2.40. The lowest BCUT2D eigenvalue weighted by atomic mass is 10.1. The predicted molar refractivity (Wildman–Crippen MR) is 63.3 cm³/mol. The molecule has 1 heterocycles. The Morgan fingerprint density at radius 2 is 2.36 bits per heavy atom. The highest BCUT2D eigenvalue weighted by Gasteiger charge is 2.13. The number of thioether (sulfide) groups is 1. The highest BCUT2D eigenvalue weighted by molar-refractivity contribution is 7.99. The molecule has 0 atom stereocenters. The first kappa shape index (κ1) is 10.3. The summed E-state index contributed by atoms with van der Waals surface area (Å²) < 4.78 is 0. The third-order valence-corrected chi connectivity index (χ3v) is 4.07. The zero-order valence-electron chi connectivity index (χ0n) is 8.27. The van der Waals surface area contributed by atoms with Gasteiger partial charge in [0.2, 0.25) is 0 Å². The van der Waals surface area contributed by atoms with E-state index in [4.69, 9.17) is 11.6 Å². The van der Waals surface area contributed by atoms with Crippen molar-refractivity contribution in [3.63, 3.8) is 0 Å². The first-order valence-electron chi connectivity index (χ1n) is 4.90. The van der Waals surface area contributed by atoms with Crippen LogP contribution in [0.25, 0.3) is 0 Å². The standard InChI is InChI=1S/C11H14ClNS/c1-13-7-8-5-9-3-2-4-14-11(9)10(12)6-8/h5-6,13H,2-4,7H2,1H3. The number of nitrogens with one attached hydrogen (secondary N) is 1. The van der Waals surface area contributed by atoms with Gasteiger partial charge in [-0.3, -0.25) is 0 Å². The number of aryl methyl sites for hydroxylation is 1. The average Bonchev–Trinajstić information content (AvgIpc) is 2.18. The van der Waals surface area contributed by atoms with Crippen LogP contribution in [0.1, 0.15) is 17.5 Å². The minimum absolute atomic E-state index is 0.900. The number of halogens is 1. The molecule has 1 aliphatic heterocycles. The first-order valence-corrected chi connectivity index (χ1v) is 6.26. The van der Waals surface area contributed by atoms with E-state index in [0.29, 0.717) is 0 Å².